The number of benzene rings is 1. The van der Waals surface area contributed by atoms with Gasteiger partial charge in [-0.25, -0.2) is 4.39 Å². The molecule has 0 aliphatic carbocycles. The number of carbonyl (C=O) groups excluding carboxylic acids is 1. The lowest BCUT2D eigenvalue weighted by molar-refractivity contribution is -0.120. The molecule has 1 atom stereocenters. The molecule has 1 aromatic carbocycles. The zero-order valence-corrected chi connectivity index (χ0v) is 12.8. The Morgan fingerprint density at radius 1 is 1.45 bits per heavy atom. The molecule has 2 rings (SSSR count). The van der Waals surface area contributed by atoms with Gasteiger partial charge in [-0.1, -0.05) is 13.0 Å². The smallest absolute Gasteiger partial charge is 0.224 e. The molecule has 1 heterocycles. The van der Waals surface area contributed by atoms with Crippen LogP contribution in [-0.4, -0.2) is 13.0 Å². The first-order chi connectivity index (χ1) is 9.54. The Kier molecular flexibility index (Phi) is 4.60. The molecule has 1 aromatic rings. The fraction of sp³-hybridized carbons (Fsp3) is 0.267. The van der Waals surface area contributed by atoms with Gasteiger partial charge in [-0.2, -0.15) is 0 Å². The van der Waals surface area contributed by atoms with E-state index < -0.39 is 0 Å². The number of hydrogen-bond acceptors (Lipinski definition) is 2. The van der Waals surface area contributed by atoms with E-state index in [-0.39, 0.29) is 17.6 Å². The Hall–Kier alpha value is -1.62. The molecule has 1 amide bonds. The molecular formula is C15H15BrFNO2. The highest BCUT2D eigenvalue weighted by Crippen LogP contribution is 2.36. The molecule has 0 spiro atoms. The fourth-order valence-electron chi connectivity index (χ4n) is 2.17. The number of ether oxygens (including phenoxy) is 1. The monoisotopic (exact) mass is 339 g/mol. The van der Waals surface area contributed by atoms with Crippen molar-refractivity contribution in [3.05, 3.63) is 46.3 Å². The van der Waals surface area contributed by atoms with Crippen molar-refractivity contribution < 1.29 is 13.9 Å². The van der Waals surface area contributed by atoms with Gasteiger partial charge in [-0.3, -0.25) is 4.79 Å². The van der Waals surface area contributed by atoms with Crippen molar-refractivity contribution in [2.75, 3.05) is 7.11 Å². The molecular weight excluding hydrogens is 325 g/mol. The van der Waals surface area contributed by atoms with E-state index >= 15 is 0 Å². The number of methoxy groups -OCH3 is 1. The van der Waals surface area contributed by atoms with Crippen LogP contribution in [0.5, 0.6) is 5.75 Å². The first-order valence-corrected chi connectivity index (χ1v) is 7.02. The summed E-state index contributed by atoms with van der Waals surface area (Å²) < 4.78 is 19.8. The Labute approximate surface area is 125 Å². The molecule has 1 unspecified atom stereocenters. The Morgan fingerprint density at radius 3 is 2.90 bits per heavy atom. The third-order valence-corrected chi connectivity index (χ3v) is 3.96. The second-order valence-electron chi connectivity index (χ2n) is 4.60. The summed E-state index contributed by atoms with van der Waals surface area (Å²) in [6.07, 6.45) is 5.41. The highest BCUT2D eigenvalue weighted by Gasteiger charge is 2.21. The third-order valence-electron chi connectivity index (χ3n) is 3.22. The van der Waals surface area contributed by atoms with E-state index in [1.807, 2.05) is 13.0 Å². The summed E-state index contributed by atoms with van der Waals surface area (Å²) in [5.74, 6) is -0.0856. The van der Waals surface area contributed by atoms with Crippen LogP contribution >= 0.6 is 15.9 Å². The lowest BCUT2D eigenvalue weighted by Gasteiger charge is -2.19. The standard InChI is InChI=1S/C15H15BrFNO2/c1-9-8-13(19)18-7-3-4-10(9)11-5-6-12(20-2)14(16)15(11)17/h3-7,9H,8H2,1-2H3,(H,18,19). The second kappa shape index (κ2) is 6.22. The largest absolute Gasteiger partial charge is 0.495 e. The normalized spacial score (nSPS) is 18.9. The van der Waals surface area contributed by atoms with Gasteiger partial charge in [-0.15, -0.1) is 0 Å². The number of rotatable bonds is 2. The maximum atomic E-state index is 14.4. The van der Waals surface area contributed by atoms with Crippen LogP contribution < -0.4 is 10.1 Å². The van der Waals surface area contributed by atoms with E-state index in [2.05, 4.69) is 21.2 Å². The van der Waals surface area contributed by atoms with E-state index in [9.17, 15) is 9.18 Å². The lowest BCUT2D eigenvalue weighted by Crippen LogP contribution is -2.21. The Balaban J connectivity index is 2.49. The van der Waals surface area contributed by atoms with Gasteiger partial charge in [-0.05, 0) is 45.6 Å². The first-order valence-electron chi connectivity index (χ1n) is 6.23. The van der Waals surface area contributed by atoms with Gasteiger partial charge >= 0.3 is 0 Å². The summed E-state index contributed by atoms with van der Waals surface area (Å²) in [6, 6.07) is 3.38. The van der Waals surface area contributed by atoms with Crippen molar-refractivity contribution in [1.82, 2.24) is 5.32 Å². The molecule has 0 saturated heterocycles. The quantitative estimate of drug-likeness (QED) is 0.893. The van der Waals surface area contributed by atoms with Crippen LogP contribution in [0.25, 0.3) is 5.57 Å². The van der Waals surface area contributed by atoms with Crippen LogP contribution in [0.4, 0.5) is 4.39 Å². The van der Waals surface area contributed by atoms with Crippen LogP contribution in [-0.2, 0) is 4.79 Å². The van der Waals surface area contributed by atoms with E-state index in [0.717, 1.165) is 5.57 Å². The van der Waals surface area contributed by atoms with Crippen molar-refractivity contribution >= 4 is 27.4 Å². The molecule has 1 N–H and O–H groups in total. The molecule has 0 aromatic heterocycles. The molecule has 20 heavy (non-hydrogen) atoms. The maximum absolute atomic E-state index is 14.4. The first kappa shape index (κ1) is 14.8. The molecule has 5 heteroatoms. The van der Waals surface area contributed by atoms with Crippen molar-refractivity contribution in [2.45, 2.75) is 13.3 Å². The summed E-state index contributed by atoms with van der Waals surface area (Å²) in [6.45, 7) is 1.90. The van der Waals surface area contributed by atoms with Crippen LogP contribution in [0.2, 0.25) is 0 Å². The Morgan fingerprint density at radius 2 is 2.20 bits per heavy atom. The van der Waals surface area contributed by atoms with Crippen LogP contribution in [0, 0.1) is 11.7 Å². The highest BCUT2D eigenvalue weighted by atomic mass is 79.9. The van der Waals surface area contributed by atoms with Crippen LogP contribution in [0.3, 0.4) is 0 Å². The minimum atomic E-state index is -0.378. The zero-order valence-electron chi connectivity index (χ0n) is 11.2. The zero-order chi connectivity index (χ0) is 14.7. The van der Waals surface area contributed by atoms with Crippen molar-refractivity contribution in [3.63, 3.8) is 0 Å². The minimum absolute atomic E-state index is 0.0743. The summed E-state index contributed by atoms with van der Waals surface area (Å²) in [7, 11) is 1.49. The van der Waals surface area contributed by atoms with Crippen molar-refractivity contribution in [1.29, 1.82) is 0 Å². The van der Waals surface area contributed by atoms with E-state index in [1.54, 1.807) is 24.4 Å². The van der Waals surface area contributed by atoms with Gasteiger partial charge in [0.05, 0.1) is 11.6 Å². The predicted molar refractivity (Wildman–Crippen MR) is 79.7 cm³/mol. The number of amides is 1. The van der Waals surface area contributed by atoms with Gasteiger partial charge in [0.2, 0.25) is 5.91 Å². The van der Waals surface area contributed by atoms with Gasteiger partial charge in [0, 0.05) is 18.2 Å². The van der Waals surface area contributed by atoms with E-state index in [4.69, 9.17) is 4.74 Å². The summed E-state index contributed by atoms with van der Waals surface area (Å²) >= 11 is 3.20. The molecule has 0 saturated carbocycles. The molecule has 0 radical (unpaired) electrons. The highest BCUT2D eigenvalue weighted by molar-refractivity contribution is 9.10. The summed E-state index contributed by atoms with van der Waals surface area (Å²) in [5.41, 5.74) is 1.27. The van der Waals surface area contributed by atoms with E-state index in [1.165, 1.54) is 7.11 Å². The molecule has 1 aliphatic heterocycles. The van der Waals surface area contributed by atoms with E-state index in [0.29, 0.717) is 22.2 Å². The van der Waals surface area contributed by atoms with Crippen molar-refractivity contribution in [2.24, 2.45) is 5.92 Å². The Bertz CT molecular complexity index is 596. The molecule has 0 bridgehead atoms. The van der Waals surface area contributed by atoms with Gasteiger partial charge in [0.1, 0.15) is 11.6 Å². The van der Waals surface area contributed by atoms with Gasteiger partial charge in [0.15, 0.2) is 0 Å². The SMILES string of the molecule is COc1ccc(C2=CC=CNC(=O)CC2C)c(F)c1Br. The van der Waals surface area contributed by atoms with Gasteiger partial charge < -0.3 is 10.1 Å². The average molecular weight is 340 g/mol. The molecule has 106 valence electrons. The molecule has 0 fully saturated rings. The topological polar surface area (TPSA) is 38.3 Å². The van der Waals surface area contributed by atoms with Crippen molar-refractivity contribution in [3.8, 4) is 5.75 Å². The van der Waals surface area contributed by atoms with Crippen LogP contribution in [0.15, 0.2) is 35.0 Å². The van der Waals surface area contributed by atoms with Crippen LogP contribution in [0.1, 0.15) is 18.9 Å². The summed E-state index contributed by atoms with van der Waals surface area (Å²) in [4.78, 5) is 11.6. The number of halogens is 2. The average Bonchev–Trinajstić information content (AvgIpc) is 2.41. The fourth-order valence-corrected chi connectivity index (χ4v) is 2.68. The maximum Gasteiger partial charge on any atom is 0.224 e. The lowest BCUT2D eigenvalue weighted by atomic mass is 9.90. The number of hydrogen-bond donors (Lipinski definition) is 1. The molecule has 3 nitrogen and oxygen atoms in total. The number of nitrogens with one attached hydrogen (secondary N) is 1. The molecule has 1 aliphatic rings. The minimum Gasteiger partial charge on any atom is -0.495 e. The number of carbonyl (C=O) groups is 1. The summed E-state index contributed by atoms with van der Waals surface area (Å²) in [5, 5.41) is 2.64. The predicted octanol–water partition coefficient (Wildman–Crippen LogP) is 3.65. The third kappa shape index (κ3) is 2.93. The number of allylic oxidation sites excluding steroid dienone is 3. The van der Waals surface area contributed by atoms with Gasteiger partial charge in [0.25, 0.3) is 0 Å². The second-order valence-corrected chi connectivity index (χ2v) is 5.39.